The molecular formula is C17H32N4O5. The quantitative estimate of drug-likeness (QED) is 0.352. The molecule has 0 aromatic heterocycles. The van der Waals surface area contributed by atoms with Gasteiger partial charge in [0.1, 0.15) is 18.1 Å². The molecular weight excluding hydrogens is 340 g/mol. The number of aliphatic carboxylic acids is 1. The van der Waals surface area contributed by atoms with Crippen LogP contribution >= 0.6 is 0 Å². The summed E-state index contributed by atoms with van der Waals surface area (Å²) in [6.07, 6.45) is 0.329. The molecule has 0 rings (SSSR count). The number of nitrogens with two attached hydrogens (primary N) is 1. The van der Waals surface area contributed by atoms with Crippen LogP contribution in [0, 0.1) is 11.8 Å². The Balaban J connectivity index is 4.93. The van der Waals surface area contributed by atoms with Gasteiger partial charge in [-0.25, -0.2) is 0 Å². The van der Waals surface area contributed by atoms with Gasteiger partial charge in [0.2, 0.25) is 17.7 Å². The number of hydrogen-bond acceptors (Lipinski definition) is 5. The van der Waals surface area contributed by atoms with Gasteiger partial charge in [0.25, 0.3) is 0 Å². The smallest absolute Gasteiger partial charge is 0.325 e. The summed E-state index contributed by atoms with van der Waals surface area (Å²) >= 11 is 0. The first-order valence-corrected chi connectivity index (χ1v) is 8.76. The highest BCUT2D eigenvalue weighted by molar-refractivity contribution is 5.93. The Morgan fingerprint density at radius 2 is 1.31 bits per heavy atom. The minimum Gasteiger partial charge on any atom is -0.480 e. The zero-order chi connectivity index (χ0) is 20.6. The van der Waals surface area contributed by atoms with Crippen LogP contribution in [0.15, 0.2) is 0 Å². The Morgan fingerprint density at radius 1 is 0.808 bits per heavy atom. The molecule has 6 N–H and O–H groups in total. The molecule has 0 spiro atoms. The van der Waals surface area contributed by atoms with Gasteiger partial charge >= 0.3 is 5.97 Å². The van der Waals surface area contributed by atoms with Gasteiger partial charge in [-0.1, -0.05) is 27.7 Å². The van der Waals surface area contributed by atoms with E-state index in [9.17, 15) is 19.2 Å². The van der Waals surface area contributed by atoms with Crippen molar-refractivity contribution in [2.24, 2.45) is 17.6 Å². The lowest BCUT2D eigenvalue weighted by molar-refractivity contribution is -0.141. The molecule has 0 aliphatic carbocycles. The predicted octanol–water partition coefficient (Wildman–Crippen LogP) is -0.405. The van der Waals surface area contributed by atoms with E-state index in [-0.39, 0.29) is 11.8 Å². The van der Waals surface area contributed by atoms with Crippen LogP contribution in [0.1, 0.15) is 48.0 Å². The number of carbonyl (C=O) groups is 4. The minimum atomic E-state index is -1.17. The largest absolute Gasteiger partial charge is 0.480 e. The van der Waals surface area contributed by atoms with Gasteiger partial charge in [-0.05, 0) is 32.1 Å². The zero-order valence-corrected chi connectivity index (χ0v) is 16.3. The predicted molar refractivity (Wildman–Crippen MR) is 97.0 cm³/mol. The Kier molecular flexibility index (Phi) is 9.85. The molecule has 0 aromatic carbocycles. The molecule has 9 heteroatoms. The third-order valence-electron chi connectivity index (χ3n) is 3.84. The van der Waals surface area contributed by atoms with E-state index in [0.717, 1.165) is 0 Å². The van der Waals surface area contributed by atoms with E-state index in [0.29, 0.717) is 6.42 Å². The second-order valence-corrected chi connectivity index (χ2v) is 7.26. The number of carboxylic acids is 1. The average Bonchev–Trinajstić information content (AvgIpc) is 2.52. The summed E-state index contributed by atoms with van der Waals surface area (Å²) in [5.41, 5.74) is 5.74. The SMILES string of the molecule is CC(C)CC(NC(=O)C(C)NC(=O)C(N)C(C)C)C(=O)NC(C)C(=O)O. The Labute approximate surface area is 154 Å². The third kappa shape index (κ3) is 8.28. The van der Waals surface area contributed by atoms with E-state index < -0.39 is 47.9 Å². The first kappa shape index (κ1) is 23.8. The highest BCUT2D eigenvalue weighted by Crippen LogP contribution is 2.06. The number of hydrogen-bond donors (Lipinski definition) is 5. The van der Waals surface area contributed by atoms with Crippen LogP contribution in [0.5, 0.6) is 0 Å². The molecule has 4 atom stereocenters. The van der Waals surface area contributed by atoms with Crippen molar-refractivity contribution in [2.45, 2.75) is 72.1 Å². The number of rotatable bonds is 10. The molecule has 0 aromatic rings. The van der Waals surface area contributed by atoms with Crippen LogP contribution in [0.25, 0.3) is 0 Å². The second-order valence-electron chi connectivity index (χ2n) is 7.26. The van der Waals surface area contributed by atoms with Gasteiger partial charge in [0.05, 0.1) is 6.04 Å². The maximum absolute atomic E-state index is 12.3. The van der Waals surface area contributed by atoms with Crippen molar-refractivity contribution in [1.82, 2.24) is 16.0 Å². The number of carboxylic acid groups (broad SMARTS) is 1. The van der Waals surface area contributed by atoms with Crippen molar-refractivity contribution in [3.8, 4) is 0 Å². The Hall–Kier alpha value is -2.16. The standard InChI is InChI=1S/C17H32N4O5/c1-8(2)7-12(15(23)20-11(6)17(25)26)21-14(22)10(5)19-16(24)13(18)9(3)4/h8-13H,7,18H2,1-6H3,(H,19,24)(H,20,23)(H,21,22)(H,25,26). The van der Waals surface area contributed by atoms with Crippen LogP contribution in [-0.4, -0.2) is 53.0 Å². The van der Waals surface area contributed by atoms with Crippen LogP contribution in [-0.2, 0) is 19.2 Å². The van der Waals surface area contributed by atoms with Crippen molar-refractivity contribution < 1.29 is 24.3 Å². The average molecular weight is 372 g/mol. The molecule has 0 aliphatic heterocycles. The normalized spacial score (nSPS) is 15.7. The second kappa shape index (κ2) is 10.7. The van der Waals surface area contributed by atoms with Crippen molar-refractivity contribution in [3.63, 3.8) is 0 Å². The fourth-order valence-electron chi connectivity index (χ4n) is 2.05. The molecule has 0 aliphatic rings. The van der Waals surface area contributed by atoms with Gasteiger partial charge in [0, 0.05) is 0 Å². The lowest BCUT2D eigenvalue weighted by atomic mass is 10.0. The lowest BCUT2D eigenvalue weighted by Crippen LogP contribution is -2.56. The molecule has 0 heterocycles. The molecule has 9 nitrogen and oxygen atoms in total. The van der Waals surface area contributed by atoms with E-state index in [1.165, 1.54) is 13.8 Å². The molecule has 0 bridgehead atoms. The van der Waals surface area contributed by atoms with Crippen LogP contribution in [0.3, 0.4) is 0 Å². The van der Waals surface area contributed by atoms with Crippen molar-refractivity contribution in [2.75, 3.05) is 0 Å². The summed E-state index contributed by atoms with van der Waals surface area (Å²) < 4.78 is 0. The summed E-state index contributed by atoms with van der Waals surface area (Å²) in [5, 5.41) is 16.3. The highest BCUT2D eigenvalue weighted by atomic mass is 16.4. The van der Waals surface area contributed by atoms with Gasteiger partial charge in [-0.15, -0.1) is 0 Å². The summed E-state index contributed by atoms with van der Waals surface area (Å²) in [7, 11) is 0. The topological polar surface area (TPSA) is 151 Å². The number of amides is 3. The molecule has 150 valence electrons. The fourth-order valence-corrected chi connectivity index (χ4v) is 2.05. The fraction of sp³-hybridized carbons (Fsp3) is 0.765. The Morgan fingerprint density at radius 3 is 1.73 bits per heavy atom. The zero-order valence-electron chi connectivity index (χ0n) is 16.3. The molecule has 3 amide bonds. The Bertz CT molecular complexity index is 521. The molecule has 0 radical (unpaired) electrons. The van der Waals surface area contributed by atoms with Gasteiger partial charge < -0.3 is 26.8 Å². The van der Waals surface area contributed by atoms with Gasteiger partial charge in [0.15, 0.2) is 0 Å². The third-order valence-corrected chi connectivity index (χ3v) is 3.84. The molecule has 4 unspecified atom stereocenters. The van der Waals surface area contributed by atoms with E-state index in [2.05, 4.69) is 16.0 Å². The first-order chi connectivity index (χ1) is 11.9. The maximum atomic E-state index is 12.3. The number of carbonyl (C=O) groups excluding carboxylic acids is 3. The molecule has 0 saturated heterocycles. The summed E-state index contributed by atoms with van der Waals surface area (Å²) in [4.78, 5) is 47.4. The maximum Gasteiger partial charge on any atom is 0.325 e. The van der Waals surface area contributed by atoms with Crippen molar-refractivity contribution in [3.05, 3.63) is 0 Å². The van der Waals surface area contributed by atoms with Crippen molar-refractivity contribution in [1.29, 1.82) is 0 Å². The van der Waals surface area contributed by atoms with Crippen molar-refractivity contribution >= 4 is 23.7 Å². The van der Waals surface area contributed by atoms with E-state index in [1.807, 2.05) is 13.8 Å². The van der Waals surface area contributed by atoms with Crippen LogP contribution in [0.2, 0.25) is 0 Å². The highest BCUT2D eigenvalue weighted by Gasteiger charge is 2.28. The monoisotopic (exact) mass is 372 g/mol. The summed E-state index contributed by atoms with van der Waals surface area (Å²) in [6, 6.07) is -3.60. The van der Waals surface area contributed by atoms with E-state index >= 15 is 0 Å². The van der Waals surface area contributed by atoms with E-state index in [1.54, 1.807) is 13.8 Å². The minimum absolute atomic E-state index is 0.0813. The van der Waals surface area contributed by atoms with Gasteiger partial charge in [-0.2, -0.15) is 0 Å². The lowest BCUT2D eigenvalue weighted by Gasteiger charge is -2.24. The molecule has 26 heavy (non-hydrogen) atoms. The summed E-state index contributed by atoms with van der Waals surface area (Å²) in [5.74, 6) is -2.74. The number of nitrogens with one attached hydrogen (secondary N) is 3. The van der Waals surface area contributed by atoms with E-state index in [4.69, 9.17) is 10.8 Å². The van der Waals surface area contributed by atoms with Gasteiger partial charge in [-0.3, -0.25) is 19.2 Å². The molecule has 0 fully saturated rings. The van der Waals surface area contributed by atoms with Crippen LogP contribution in [0.4, 0.5) is 0 Å². The molecule has 0 saturated carbocycles. The van der Waals surface area contributed by atoms with Crippen LogP contribution < -0.4 is 21.7 Å². The summed E-state index contributed by atoms with van der Waals surface area (Å²) in [6.45, 7) is 10.2. The first-order valence-electron chi connectivity index (χ1n) is 8.76.